The molecule has 0 nitrogen and oxygen atoms in total. The normalized spacial score (nSPS) is 14.1. The van der Waals surface area contributed by atoms with E-state index < -0.39 is 0 Å². The standard InChI is InChI=1S/C36H28/c1-23(2)30-22-35-26(21-31(30)27-14-6-4-12-24(27)3)20-25-13-5-9-17-32(25)36(35)33-18-10-7-15-28(33)29-16-8-11-19-34(29)36/h4-19,21-22H,1,20H2,2-3H3. The number of allylic oxidation sites excluding steroid dienone is 1. The van der Waals surface area contributed by atoms with Gasteiger partial charge in [-0.25, -0.2) is 0 Å². The van der Waals surface area contributed by atoms with Crippen molar-refractivity contribution < 1.29 is 0 Å². The molecule has 0 bridgehead atoms. The van der Waals surface area contributed by atoms with Crippen LogP contribution in [-0.2, 0) is 11.8 Å². The van der Waals surface area contributed by atoms with Crippen LogP contribution >= 0.6 is 0 Å². The summed E-state index contributed by atoms with van der Waals surface area (Å²) in [6.07, 6.45) is 0.937. The average Bonchev–Trinajstić information content (AvgIpc) is 3.20. The molecule has 0 fully saturated rings. The average molecular weight is 461 g/mol. The maximum Gasteiger partial charge on any atom is 0.0719 e. The third kappa shape index (κ3) is 2.70. The molecule has 0 amide bonds. The molecular weight excluding hydrogens is 432 g/mol. The minimum absolute atomic E-state index is 0.328. The van der Waals surface area contributed by atoms with E-state index in [0.29, 0.717) is 0 Å². The van der Waals surface area contributed by atoms with Crippen molar-refractivity contribution >= 4 is 5.57 Å². The Morgan fingerprint density at radius 1 is 0.583 bits per heavy atom. The second kappa shape index (κ2) is 7.67. The Kier molecular flexibility index (Phi) is 4.51. The molecule has 0 saturated heterocycles. The molecule has 2 aliphatic rings. The van der Waals surface area contributed by atoms with E-state index in [9.17, 15) is 0 Å². The molecule has 0 unspecified atom stereocenters. The van der Waals surface area contributed by atoms with Gasteiger partial charge in [-0.1, -0.05) is 109 Å². The maximum absolute atomic E-state index is 4.44. The topological polar surface area (TPSA) is 0 Å². The lowest BCUT2D eigenvalue weighted by molar-refractivity contribution is 0.722. The molecule has 172 valence electrons. The van der Waals surface area contributed by atoms with Gasteiger partial charge >= 0.3 is 0 Å². The summed E-state index contributed by atoms with van der Waals surface area (Å²) in [5.74, 6) is 0. The van der Waals surface area contributed by atoms with E-state index in [-0.39, 0.29) is 5.41 Å². The van der Waals surface area contributed by atoms with Crippen LogP contribution in [-0.4, -0.2) is 0 Å². The van der Waals surface area contributed by atoms with E-state index in [1.165, 1.54) is 66.8 Å². The van der Waals surface area contributed by atoms with Gasteiger partial charge in [0.05, 0.1) is 5.41 Å². The van der Waals surface area contributed by atoms with Crippen LogP contribution in [0.2, 0.25) is 0 Å². The van der Waals surface area contributed by atoms with Crippen molar-refractivity contribution in [1.29, 1.82) is 0 Å². The molecule has 0 heteroatoms. The van der Waals surface area contributed by atoms with Gasteiger partial charge in [0.25, 0.3) is 0 Å². The van der Waals surface area contributed by atoms with E-state index in [4.69, 9.17) is 0 Å². The first-order valence-corrected chi connectivity index (χ1v) is 12.8. The van der Waals surface area contributed by atoms with Gasteiger partial charge in [0, 0.05) is 0 Å². The zero-order valence-electron chi connectivity index (χ0n) is 20.8. The van der Waals surface area contributed by atoms with Crippen molar-refractivity contribution in [3.63, 3.8) is 0 Å². The van der Waals surface area contributed by atoms with Gasteiger partial charge in [-0.05, 0) is 99.2 Å². The smallest absolute Gasteiger partial charge is 0.0719 e. The molecule has 7 rings (SSSR count). The Balaban J connectivity index is 1.64. The molecule has 1 spiro atoms. The minimum Gasteiger partial charge on any atom is -0.0955 e. The Labute approximate surface area is 213 Å². The molecule has 0 aliphatic heterocycles. The molecule has 2 aliphatic carbocycles. The van der Waals surface area contributed by atoms with Crippen LogP contribution in [0.4, 0.5) is 0 Å². The second-order valence-electron chi connectivity index (χ2n) is 10.3. The summed E-state index contributed by atoms with van der Waals surface area (Å²) >= 11 is 0. The quantitative estimate of drug-likeness (QED) is 0.241. The third-order valence-corrected chi connectivity index (χ3v) is 8.30. The molecule has 0 heterocycles. The summed E-state index contributed by atoms with van der Waals surface area (Å²) in [6, 6.07) is 40.7. The van der Waals surface area contributed by atoms with Gasteiger partial charge in [0.2, 0.25) is 0 Å². The predicted octanol–water partition coefficient (Wildman–Crippen LogP) is 8.96. The first kappa shape index (κ1) is 21.1. The first-order valence-electron chi connectivity index (χ1n) is 12.8. The molecule has 36 heavy (non-hydrogen) atoms. The highest BCUT2D eigenvalue weighted by Crippen LogP contribution is 2.59. The highest BCUT2D eigenvalue weighted by molar-refractivity contribution is 5.90. The Hall–Kier alpha value is -4.16. The number of fused-ring (bicyclic) bond motifs is 9. The maximum atomic E-state index is 4.44. The lowest BCUT2D eigenvalue weighted by Gasteiger charge is -2.41. The van der Waals surface area contributed by atoms with Gasteiger partial charge in [0.1, 0.15) is 0 Å². The van der Waals surface area contributed by atoms with Crippen molar-refractivity contribution in [1.82, 2.24) is 0 Å². The van der Waals surface area contributed by atoms with E-state index in [2.05, 4.69) is 130 Å². The second-order valence-corrected chi connectivity index (χ2v) is 10.3. The van der Waals surface area contributed by atoms with Crippen LogP contribution in [0, 0.1) is 6.92 Å². The molecule has 0 N–H and O–H groups in total. The van der Waals surface area contributed by atoms with E-state index in [1.54, 1.807) is 0 Å². The summed E-state index contributed by atoms with van der Waals surface area (Å²) < 4.78 is 0. The Morgan fingerprint density at radius 3 is 1.78 bits per heavy atom. The molecular formula is C36H28. The lowest BCUT2D eigenvalue weighted by Crippen LogP contribution is -2.34. The summed E-state index contributed by atoms with van der Waals surface area (Å²) in [5.41, 5.74) is 17.0. The van der Waals surface area contributed by atoms with Crippen molar-refractivity contribution in [2.45, 2.75) is 25.7 Å². The summed E-state index contributed by atoms with van der Waals surface area (Å²) in [7, 11) is 0. The molecule has 0 atom stereocenters. The van der Waals surface area contributed by atoms with Crippen LogP contribution in [0.5, 0.6) is 0 Å². The van der Waals surface area contributed by atoms with E-state index in [1.807, 2.05) is 0 Å². The lowest BCUT2D eigenvalue weighted by atomic mass is 9.61. The summed E-state index contributed by atoms with van der Waals surface area (Å²) in [5, 5.41) is 0. The minimum atomic E-state index is -0.328. The summed E-state index contributed by atoms with van der Waals surface area (Å²) in [4.78, 5) is 0. The number of hydrogen-bond donors (Lipinski definition) is 0. The summed E-state index contributed by atoms with van der Waals surface area (Å²) in [6.45, 7) is 8.79. The highest BCUT2D eigenvalue weighted by atomic mass is 14.5. The van der Waals surface area contributed by atoms with Gasteiger partial charge in [-0.2, -0.15) is 0 Å². The fraction of sp³-hybridized carbons (Fsp3) is 0.111. The Morgan fingerprint density at radius 2 is 1.14 bits per heavy atom. The van der Waals surface area contributed by atoms with Crippen molar-refractivity contribution in [3.8, 4) is 22.3 Å². The number of aryl methyl sites for hydroxylation is 1. The van der Waals surface area contributed by atoms with Crippen LogP contribution in [0.25, 0.3) is 27.8 Å². The van der Waals surface area contributed by atoms with E-state index in [0.717, 1.165) is 12.0 Å². The van der Waals surface area contributed by atoms with Gasteiger partial charge in [-0.3, -0.25) is 0 Å². The van der Waals surface area contributed by atoms with Gasteiger partial charge < -0.3 is 0 Å². The number of rotatable bonds is 2. The zero-order chi connectivity index (χ0) is 24.4. The largest absolute Gasteiger partial charge is 0.0955 e. The van der Waals surface area contributed by atoms with Crippen LogP contribution in [0.1, 0.15) is 51.4 Å². The first-order chi connectivity index (χ1) is 17.6. The monoisotopic (exact) mass is 460 g/mol. The van der Waals surface area contributed by atoms with Gasteiger partial charge in [0.15, 0.2) is 0 Å². The molecule has 5 aromatic rings. The zero-order valence-corrected chi connectivity index (χ0v) is 20.8. The van der Waals surface area contributed by atoms with E-state index >= 15 is 0 Å². The van der Waals surface area contributed by atoms with Crippen LogP contribution < -0.4 is 0 Å². The molecule has 0 saturated carbocycles. The van der Waals surface area contributed by atoms with Crippen LogP contribution in [0.15, 0.2) is 116 Å². The van der Waals surface area contributed by atoms with Gasteiger partial charge in [-0.15, -0.1) is 0 Å². The molecule has 5 aromatic carbocycles. The highest BCUT2D eigenvalue weighted by Gasteiger charge is 2.49. The third-order valence-electron chi connectivity index (χ3n) is 8.30. The SMILES string of the molecule is C=C(C)c1cc2c(cc1-c1ccccc1C)Cc1ccccc1C21c2ccccc2-c2ccccc21. The Bertz CT molecular complexity index is 1650. The molecule has 0 radical (unpaired) electrons. The van der Waals surface area contributed by atoms with Crippen molar-refractivity contribution in [2.75, 3.05) is 0 Å². The molecule has 0 aromatic heterocycles. The number of hydrogen-bond acceptors (Lipinski definition) is 0. The fourth-order valence-electron chi connectivity index (χ4n) is 6.80. The van der Waals surface area contributed by atoms with Crippen molar-refractivity contribution in [3.05, 3.63) is 160 Å². The van der Waals surface area contributed by atoms with Crippen LogP contribution in [0.3, 0.4) is 0 Å². The predicted molar refractivity (Wildman–Crippen MR) is 151 cm³/mol. The fourth-order valence-corrected chi connectivity index (χ4v) is 6.80. The van der Waals surface area contributed by atoms with Crippen molar-refractivity contribution in [2.24, 2.45) is 0 Å². The number of benzene rings is 5.